The molecule has 3 saturated heterocycles. The van der Waals surface area contributed by atoms with Gasteiger partial charge in [0.15, 0.2) is 6.10 Å². The maximum Gasteiger partial charge on any atom is 0.346 e. The smallest absolute Gasteiger partial charge is 0.346 e. The lowest BCUT2D eigenvalue weighted by Gasteiger charge is -2.52. The summed E-state index contributed by atoms with van der Waals surface area (Å²) < 4.78 is 12.8. The van der Waals surface area contributed by atoms with E-state index in [1.165, 1.54) is 11.8 Å². The molecule has 0 amide bonds. The van der Waals surface area contributed by atoms with Crippen LogP contribution in [0.25, 0.3) is 0 Å². The van der Waals surface area contributed by atoms with Crippen molar-refractivity contribution in [2.75, 3.05) is 26.2 Å². The third-order valence-corrected chi connectivity index (χ3v) is 8.42. The van der Waals surface area contributed by atoms with Gasteiger partial charge in [0.2, 0.25) is 5.60 Å². The first-order valence-electron chi connectivity index (χ1n) is 12.5. The van der Waals surface area contributed by atoms with Gasteiger partial charge in [-0.05, 0) is 30.5 Å². The molecule has 32 heavy (non-hydrogen) atoms. The number of furan rings is 1. The molecule has 1 aliphatic carbocycles. The number of hydrogen-bond acceptors (Lipinski definition) is 4. The second-order valence-corrected chi connectivity index (χ2v) is 10.3. The Morgan fingerprint density at radius 2 is 1.78 bits per heavy atom. The number of aliphatic hydroxyl groups is 1. The Morgan fingerprint density at radius 3 is 2.47 bits per heavy atom. The predicted molar refractivity (Wildman–Crippen MR) is 122 cm³/mol. The van der Waals surface area contributed by atoms with Gasteiger partial charge in [-0.3, -0.25) is 0 Å². The maximum absolute atomic E-state index is 13.6. The lowest BCUT2D eigenvalue weighted by Crippen LogP contribution is -2.65. The van der Waals surface area contributed by atoms with Gasteiger partial charge in [-0.15, -0.1) is 0 Å². The van der Waals surface area contributed by atoms with Crippen LogP contribution in [0.4, 0.5) is 0 Å². The third-order valence-electron chi connectivity index (χ3n) is 8.42. The van der Waals surface area contributed by atoms with Crippen LogP contribution in [0.15, 0.2) is 53.1 Å². The Morgan fingerprint density at radius 1 is 1.03 bits per heavy atom. The van der Waals surface area contributed by atoms with Gasteiger partial charge in [0.25, 0.3) is 0 Å². The first-order chi connectivity index (χ1) is 15.6. The van der Waals surface area contributed by atoms with Crippen LogP contribution in [0.5, 0.6) is 0 Å². The van der Waals surface area contributed by atoms with Gasteiger partial charge >= 0.3 is 5.97 Å². The highest BCUT2D eigenvalue weighted by atomic mass is 16.6. The molecule has 2 aromatic rings. The normalized spacial score (nSPS) is 30.0. The summed E-state index contributed by atoms with van der Waals surface area (Å²) in [5, 5.41) is 11.7. The van der Waals surface area contributed by atoms with Gasteiger partial charge in [-0.1, -0.05) is 49.6 Å². The summed E-state index contributed by atoms with van der Waals surface area (Å²) in [4.78, 5) is 13.6. The van der Waals surface area contributed by atoms with Crippen molar-refractivity contribution in [2.45, 2.75) is 63.1 Å². The number of piperidine rings is 3. The molecule has 4 fully saturated rings. The van der Waals surface area contributed by atoms with E-state index in [2.05, 4.69) is 30.3 Å². The summed E-state index contributed by atoms with van der Waals surface area (Å²) in [7, 11) is 0. The second-order valence-electron chi connectivity index (χ2n) is 10.3. The molecule has 4 aliphatic rings. The van der Waals surface area contributed by atoms with Gasteiger partial charge in [-0.2, -0.15) is 0 Å². The summed E-state index contributed by atoms with van der Waals surface area (Å²) in [6, 6.07) is 14.1. The highest BCUT2D eigenvalue weighted by Gasteiger charge is 2.53. The van der Waals surface area contributed by atoms with Crippen molar-refractivity contribution in [3.8, 4) is 0 Å². The van der Waals surface area contributed by atoms with Crippen molar-refractivity contribution in [3.05, 3.63) is 60.1 Å². The predicted octanol–water partition coefficient (Wildman–Crippen LogP) is 4.44. The highest BCUT2D eigenvalue weighted by Crippen LogP contribution is 2.42. The Labute approximate surface area is 191 Å². The van der Waals surface area contributed by atoms with Crippen molar-refractivity contribution < 1.29 is 23.5 Å². The molecule has 1 saturated carbocycles. The second kappa shape index (κ2) is 9.03. The summed E-state index contributed by atoms with van der Waals surface area (Å²) in [6.45, 7) is 4.27. The van der Waals surface area contributed by atoms with Crippen molar-refractivity contribution in [1.29, 1.82) is 0 Å². The lowest BCUT2D eigenvalue weighted by atomic mass is 9.75. The van der Waals surface area contributed by atoms with Crippen LogP contribution in [0.3, 0.4) is 0 Å². The van der Waals surface area contributed by atoms with Gasteiger partial charge < -0.3 is 18.7 Å². The number of quaternary nitrogens is 1. The molecule has 4 heterocycles. The number of carbonyl (C=O) groups is 1. The number of ether oxygens (including phenoxy) is 1. The number of carbonyl (C=O) groups excluding carboxylic acids is 1. The molecule has 0 unspecified atom stereocenters. The van der Waals surface area contributed by atoms with Crippen LogP contribution in [-0.2, 0) is 21.6 Å². The SMILES string of the molecule is O=C(O[C@H]1C[N+]2(CCc3ccccc3)CCC1CC2)[C@@](O)(c1ccco1)C1CCCCC1. The van der Waals surface area contributed by atoms with E-state index in [4.69, 9.17) is 9.15 Å². The summed E-state index contributed by atoms with van der Waals surface area (Å²) >= 11 is 0. The molecule has 1 aromatic carbocycles. The van der Waals surface area contributed by atoms with Crippen LogP contribution in [0.1, 0.15) is 56.3 Å². The Balaban J connectivity index is 1.30. The molecule has 2 atom stereocenters. The van der Waals surface area contributed by atoms with Crippen LogP contribution in [0.2, 0.25) is 0 Å². The molecule has 5 heteroatoms. The van der Waals surface area contributed by atoms with Crippen molar-refractivity contribution in [3.63, 3.8) is 0 Å². The highest BCUT2D eigenvalue weighted by molar-refractivity contribution is 5.81. The largest absolute Gasteiger partial charge is 0.466 e. The maximum atomic E-state index is 13.6. The van der Waals surface area contributed by atoms with Gasteiger partial charge in [0.05, 0.1) is 25.9 Å². The molecule has 1 aromatic heterocycles. The van der Waals surface area contributed by atoms with E-state index in [1.54, 1.807) is 12.1 Å². The summed E-state index contributed by atoms with van der Waals surface area (Å²) in [5.74, 6) is 0.100. The first kappa shape index (κ1) is 21.7. The average Bonchev–Trinajstić information content (AvgIpc) is 3.40. The average molecular weight is 439 g/mol. The fourth-order valence-electron chi connectivity index (χ4n) is 6.39. The van der Waals surface area contributed by atoms with Gasteiger partial charge in [-0.25, -0.2) is 4.79 Å². The Kier molecular flexibility index (Phi) is 6.13. The third kappa shape index (κ3) is 4.13. The minimum Gasteiger partial charge on any atom is -0.466 e. The first-order valence-corrected chi connectivity index (χ1v) is 12.5. The molecule has 5 nitrogen and oxygen atoms in total. The fraction of sp³-hybridized carbons (Fsp3) is 0.593. The van der Waals surface area contributed by atoms with Crippen molar-refractivity contribution in [1.82, 2.24) is 0 Å². The molecule has 6 rings (SSSR count). The number of rotatable bonds is 7. The lowest BCUT2D eigenvalue weighted by molar-refractivity contribution is -0.946. The van der Waals surface area contributed by atoms with Crippen molar-refractivity contribution in [2.24, 2.45) is 11.8 Å². The van der Waals surface area contributed by atoms with E-state index < -0.39 is 11.6 Å². The summed E-state index contributed by atoms with van der Waals surface area (Å²) in [6.07, 6.45) is 9.54. The molecule has 0 radical (unpaired) electrons. The van der Waals surface area contributed by atoms with E-state index in [0.29, 0.717) is 11.7 Å². The zero-order valence-electron chi connectivity index (χ0n) is 19.0. The van der Waals surface area contributed by atoms with Crippen molar-refractivity contribution >= 4 is 5.97 Å². The number of hydrogen-bond donors (Lipinski definition) is 1. The zero-order chi connectivity index (χ0) is 22.0. The minimum absolute atomic E-state index is 0.120. The zero-order valence-corrected chi connectivity index (χ0v) is 19.0. The molecule has 0 spiro atoms. The topological polar surface area (TPSA) is 59.7 Å². The fourth-order valence-corrected chi connectivity index (χ4v) is 6.39. The van der Waals surface area contributed by atoms with Gasteiger partial charge in [0, 0.05) is 31.1 Å². The number of fused-ring (bicyclic) bond motifs is 3. The number of esters is 1. The van der Waals surface area contributed by atoms with E-state index in [-0.39, 0.29) is 12.0 Å². The van der Waals surface area contributed by atoms with Gasteiger partial charge in [0.1, 0.15) is 12.3 Å². The number of nitrogens with zero attached hydrogens (tertiary/aromatic N) is 1. The quantitative estimate of drug-likeness (QED) is 0.513. The van der Waals surface area contributed by atoms with E-state index >= 15 is 0 Å². The summed E-state index contributed by atoms with van der Waals surface area (Å²) in [5.41, 5.74) is -0.309. The molecule has 2 bridgehead atoms. The van der Waals surface area contributed by atoms with Crippen LogP contribution in [-0.4, -0.2) is 47.8 Å². The standard InChI is InChI=1S/C27H36NO4/c29-26(27(30,25-12-7-19-31-25)23-10-5-2-6-11-23)32-24-20-28(17-14-22(24)15-18-28)16-13-21-8-3-1-4-9-21/h1,3-4,7-9,12,19,22-24,30H,2,5-6,10-11,13-18,20H2/q+1/t22?,24-,27-,28?/m0/s1. The van der Waals surface area contributed by atoms with E-state index in [0.717, 1.165) is 82.0 Å². The molecular formula is C27H36NO4+. The van der Waals surface area contributed by atoms with E-state index in [1.807, 2.05) is 0 Å². The molecule has 1 N–H and O–H groups in total. The van der Waals surface area contributed by atoms with Crippen LogP contribution < -0.4 is 0 Å². The Bertz CT molecular complexity index is 882. The molecule has 172 valence electrons. The molecular weight excluding hydrogens is 402 g/mol. The Hall–Kier alpha value is -2.11. The monoisotopic (exact) mass is 438 g/mol. The number of benzene rings is 1. The minimum atomic E-state index is -1.68. The van der Waals surface area contributed by atoms with Crippen LogP contribution in [0, 0.1) is 11.8 Å². The van der Waals surface area contributed by atoms with E-state index in [9.17, 15) is 9.90 Å². The molecule has 3 aliphatic heterocycles. The van der Waals surface area contributed by atoms with Crippen LogP contribution >= 0.6 is 0 Å².